The van der Waals surface area contributed by atoms with Crippen LogP contribution >= 0.6 is 0 Å². The van der Waals surface area contributed by atoms with Crippen molar-refractivity contribution in [2.24, 2.45) is 0 Å². The maximum Gasteiger partial charge on any atom is 0.111 e. The summed E-state index contributed by atoms with van der Waals surface area (Å²) in [7, 11) is 0. The minimum absolute atomic E-state index is 0.556. The number of aromatic nitrogens is 3. The number of hydrogen-bond donors (Lipinski definition) is 2. The minimum Gasteiger partial charge on any atom is -0.390 e. The van der Waals surface area contributed by atoms with Gasteiger partial charge in [0.25, 0.3) is 0 Å². The maximum absolute atomic E-state index is 9.48. The molecule has 5 heteroatoms. The first-order valence-corrected chi connectivity index (χ1v) is 4.69. The number of rotatable bonds is 4. The van der Waals surface area contributed by atoms with Gasteiger partial charge in [-0.05, 0) is 27.2 Å². The molecule has 0 bridgehead atoms. The van der Waals surface area contributed by atoms with Crippen molar-refractivity contribution in [1.29, 1.82) is 0 Å². The lowest BCUT2D eigenvalue weighted by Crippen LogP contribution is -2.21. The fraction of sp³-hybridized carbons (Fsp3) is 0.778. The van der Waals surface area contributed by atoms with E-state index in [9.17, 15) is 10.2 Å². The van der Waals surface area contributed by atoms with Crippen LogP contribution in [-0.4, -0.2) is 30.8 Å². The lowest BCUT2D eigenvalue weighted by atomic mass is 10.1. The molecule has 0 radical (unpaired) electrons. The van der Waals surface area contributed by atoms with Gasteiger partial charge in [-0.2, -0.15) is 0 Å². The minimum atomic E-state index is -0.697. The molecule has 1 aromatic heterocycles. The van der Waals surface area contributed by atoms with Crippen LogP contribution in [-0.2, 0) is 6.54 Å². The first-order valence-electron chi connectivity index (χ1n) is 4.69. The SMILES string of the molecule is CC(O)c1cn(CCC(C)(C)O)nn1. The highest BCUT2D eigenvalue weighted by atomic mass is 16.3. The van der Waals surface area contributed by atoms with Crippen LogP contribution in [0.5, 0.6) is 0 Å². The number of hydrogen-bond acceptors (Lipinski definition) is 4. The molecule has 1 rings (SSSR count). The largest absolute Gasteiger partial charge is 0.390 e. The van der Waals surface area contributed by atoms with Crippen molar-refractivity contribution >= 4 is 0 Å². The lowest BCUT2D eigenvalue weighted by molar-refractivity contribution is 0.0649. The highest BCUT2D eigenvalue weighted by Crippen LogP contribution is 2.10. The quantitative estimate of drug-likeness (QED) is 0.740. The Bertz CT molecular complexity index is 288. The molecule has 14 heavy (non-hydrogen) atoms. The molecule has 0 aliphatic heterocycles. The molecule has 0 aliphatic carbocycles. The van der Waals surface area contributed by atoms with E-state index in [1.165, 1.54) is 0 Å². The molecule has 0 aromatic carbocycles. The normalized spacial score (nSPS) is 14.4. The van der Waals surface area contributed by atoms with Crippen molar-refractivity contribution in [3.8, 4) is 0 Å². The average molecular weight is 199 g/mol. The van der Waals surface area contributed by atoms with Crippen molar-refractivity contribution in [3.05, 3.63) is 11.9 Å². The number of aliphatic hydroxyl groups is 2. The number of nitrogens with zero attached hydrogens (tertiary/aromatic N) is 3. The molecular weight excluding hydrogens is 182 g/mol. The van der Waals surface area contributed by atoms with Crippen LogP contribution in [0.25, 0.3) is 0 Å². The summed E-state index contributed by atoms with van der Waals surface area (Å²) in [5.41, 5.74) is -0.141. The van der Waals surface area contributed by atoms with E-state index < -0.39 is 11.7 Å². The van der Waals surface area contributed by atoms with Crippen LogP contribution in [0.3, 0.4) is 0 Å². The second-order valence-electron chi connectivity index (χ2n) is 4.14. The lowest BCUT2D eigenvalue weighted by Gasteiger charge is -2.15. The van der Waals surface area contributed by atoms with E-state index in [1.807, 2.05) is 0 Å². The van der Waals surface area contributed by atoms with Crippen LogP contribution in [0, 0.1) is 0 Å². The summed E-state index contributed by atoms with van der Waals surface area (Å²) in [4.78, 5) is 0. The molecule has 80 valence electrons. The molecule has 1 heterocycles. The predicted molar refractivity (Wildman–Crippen MR) is 51.6 cm³/mol. The molecule has 2 N–H and O–H groups in total. The van der Waals surface area contributed by atoms with Gasteiger partial charge in [-0.1, -0.05) is 5.21 Å². The molecule has 0 spiro atoms. The van der Waals surface area contributed by atoms with E-state index >= 15 is 0 Å². The van der Waals surface area contributed by atoms with Crippen molar-refractivity contribution < 1.29 is 10.2 Å². The van der Waals surface area contributed by atoms with Crippen LogP contribution < -0.4 is 0 Å². The van der Waals surface area contributed by atoms with Crippen molar-refractivity contribution in [2.75, 3.05) is 0 Å². The third-order valence-electron chi connectivity index (χ3n) is 1.94. The van der Waals surface area contributed by atoms with Gasteiger partial charge in [0, 0.05) is 6.54 Å². The Morgan fingerprint density at radius 3 is 2.64 bits per heavy atom. The Kier molecular flexibility index (Phi) is 3.23. The van der Waals surface area contributed by atoms with Crippen LogP contribution in [0.4, 0.5) is 0 Å². The highest BCUT2D eigenvalue weighted by molar-refractivity contribution is 4.95. The fourth-order valence-electron chi connectivity index (χ4n) is 1.00. The molecule has 1 unspecified atom stereocenters. The molecule has 0 saturated carbocycles. The third-order valence-corrected chi connectivity index (χ3v) is 1.94. The zero-order valence-corrected chi connectivity index (χ0v) is 8.80. The van der Waals surface area contributed by atoms with Crippen LogP contribution in [0.1, 0.15) is 39.0 Å². The van der Waals surface area contributed by atoms with E-state index in [4.69, 9.17) is 0 Å². The summed E-state index contributed by atoms with van der Waals surface area (Å²) < 4.78 is 1.63. The fourth-order valence-corrected chi connectivity index (χ4v) is 1.00. The third kappa shape index (κ3) is 3.43. The van der Waals surface area contributed by atoms with Crippen LogP contribution in [0.2, 0.25) is 0 Å². The molecule has 0 aliphatic rings. The second kappa shape index (κ2) is 4.06. The predicted octanol–water partition coefficient (Wildman–Crippen LogP) is 0.492. The first kappa shape index (κ1) is 11.1. The molecule has 1 aromatic rings. The standard InChI is InChI=1S/C9H17N3O2/c1-7(13)8-6-12(11-10-8)5-4-9(2,3)14/h6-7,13-14H,4-5H2,1-3H3. The summed E-state index contributed by atoms with van der Waals surface area (Å²) in [6.45, 7) is 5.74. The average Bonchev–Trinajstić information content (AvgIpc) is 2.47. The summed E-state index contributed by atoms with van der Waals surface area (Å²) in [5.74, 6) is 0. The second-order valence-corrected chi connectivity index (χ2v) is 4.14. The highest BCUT2D eigenvalue weighted by Gasteiger charge is 2.13. The summed E-state index contributed by atoms with van der Waals surface area (Å²) in [5, 5.41) is 26.3. The first-order chi connectivity index (χ1) is 6.38. The van der Waals surface area contributed by atoms with Gasteiger partial charge in [0.05, 0.1) is 17.9 Å². The van der Waals surface area contributed by atoms with E-state index in [0.717, 1.165) is 0 Å². The summed E-state index contributed by atoms with van der Waals surface area (Å²) in [6, 6.07) is 0. The van der Waals surface area contributed by atoms with Crippen molar-refractivity contribution in [3.63, 3.8) is 0 Å². The molecule has 5 nitrogen and oxygen atoms in total. The molecule has 0 fully saturated rings. The molecular formula is C9H17N3O2. The summed E-state index contributed by atoms with van der Waals surface area (Å²) >= 11 is 0. The zero-order chi connectivity index (χ0) is 10.8. The van der Waals surface area contributed by atoms with E-state index in [2.05, 4.69) is 10.3 Å². The molecule has 1 atom stereocenters. The topological polar surface area (TPSA) is 71.2 Å². The van der Waals surface area contributed by atoms with E-state index in [0.29, 0.717) is 18.7 Å². The Morgan fingerprint density at radius 1 is 1.57 bits per heavy atom. The summed E-state index contributed by atoms with van der Waals surface area (Å²) in [6.07, 6.45) is 1.71. The van der Waals surface area contributed by atoms with Crippen molar-refractivity contribution in [1.82, 2.24) is 15.0 Å². The maximum atomic E-state index is 9.48. The van der Waals surface area contributed by atoms with Gasteiger partial charge in [0.2, 0.25) is 0 Å². The Labute approximate surface area is 83.4 Å². The van der Waals surface area contributed by atoms with Crippen LogP contribution in [0.15, 0.2) is 6.20 Å². The molecule has 0 saturated heterocycles. The van der Waals surface area contributed by atoms with Gasteiger partial charge < -0.3 is 10.2 Å². The van der Waals surface area contributed by atoms with Gasteiger partial charge in [-0.15, -0.1) is 5.10 Å². The Hall–Kier alpha value is -0.940. The van der Waals surface area contributed by atoms with Gasteiger partial charge in [-0.3, -0.25) is 4.68 Å². The molecule has 0 amide bonds. The van der Waals surface area contributed by atoms with Gasteiger partial charge in [-0.25, -0.2) is 0 Å². The number of aryl methyl sites for hydroxylation is 1. The van der Waals surface area contributed by atoms with E-state index in [-0.39, 0.29) is 0 Å². The monoisotopic (exact) mass is 199 g/mol. The van der Waals surface area contributed by atoms with Gasteiger partial charge >= 0.3 is 0 Å². The van der Waals surface area contributed by atoms with Gasteiger partial charge in [0.15, 0.2) is 0 Å². The van der Waals surface area contributed by atoms with E-state index in [1.54, 1.807) is 31.6 Å². The number of aliphatic hydroxyl groups excluding tert-OH is 1. The van der Waals surface area contributed by atoms with Crippen molar-refractivity contribution in [2.45, 2.75) is 45.4 Å². The zero-order valence-electron chi connectivity index (χ0n) is 8.80. The smallest absolute Gasteiger partial charge is 0.111 e. The Balaban J connectivity index is 2.52. The van der Waals surface area contributed by atoms with Gasteiger partial charge in [0.1, 0.15) is 5.69 Å². The Morgan fingerprint density at radius 2 is 2.21 bits per heavy atom.